The van der Waals surface area contributed by atoms with Crippen molar-refractivity contribution in [1.29, 1.82) is 0 Å². The molecule has 1 aliphatic rings. The minimum absolute atomic E-state index is 0.200. The quantitative estimate of drug-likeness (QED) is 0.113. The summed E-state index contributed by atoms with van der Waals surface area (Å²) in [6.45, 7) is 2.68. The number of benzene rings is 4. The molecule has 0 unspecified atom stereocenters. The summed E-state index contributed by atoms with van der Waals surface area (Å²) >= 11 is 8.05. The molecule has 0 bridgehead atoms. The number of rotatable bonds is 9. The Hall–Kier alpha value is -4.35. The Balaban J connectivity index is 1.33. The summed E-state index contributed by atoms with van der Waals surface area (Å²) < 4.78 is 18.1. The van der Waals surface area contributed by atoms with Gasteiger partial charge >= 0.3 is 6.03 Å². The van der Waals surface area contributed by atoms with Crippen molar-refractivity contribution in [3.8, 4) is 17.2 Å². The molecule has 10 heteroatoms. The highest BCUT2D eigenvalue weighted by Crippen LogP contribution is 2.36. The van der Waals surface area contributed by atoms with E-state index in [0.29, 0.717) is 41.0 Å². The number of anilines is 1. The summed E-state index contributed by atoms with van der Waals surface area (Å²) in [5, 5.41) is 2.89. The van der Waals surface area contributed by atoms with E-state index in [-0.39, 0.29) is 11.3 Å². The first-order valence-corrected chi connectivity index (χ1v) is 14.6. The van der Waals surface area contributed by atoms with Crippen molar-refractivity contribution in [3.05, 3.63) is 121 Å². The molecule has 4 aromatic carbocycles. The van der Waals surface area contributed by atoms with Gasteiger partial charge < -0.3 is 14.2 Å². The number of nitrogens with zero attached hydrogens (tertiary/aromatic N) is 1. The molecule has 1 N–H and O–H groups in total. The van der Waals surface area contributed by atoms with Gasteiger partial charge in [0.25, 0.3) is 11.8 Å². The molecule has 5 rings (SSSR count). The van der Waals surface area contributed by atoms with Crippen LogP contribution < -0.4 is 24.4 Å². The maximum absolute atomic E-state index is 13.4. The van der Waals surface area contributed by atoms with Crippen molar-refractivity contribution >= 4 is 63.8 Å². The minimum Gasteiger partial charge on any atom is -0.493 e. The van der Waals surface area contributed by atoms with Gasteiger partial charge in [-0.05, 0) is 101 Å². The van der Waals surface area contributed by atoms with Gasteiger partial charge in [-0.2, -0.15) is 0 Å². The Bertz CT molecular complexity index is 1700. The van der Waals surface area contributed by atoms with E-state index in [1.165, 1.54) is 13.2 Å². The van der Waals surface area contributed by atoms with Crippen LogP contribution in [0.25, 0.3) is 6.08 Å². The first-order chi connectivity index (χ1) is 20.7. The number of methoxy groups -OCH3 is 1. The van der Waals surface area contributed by atoms with E-state index in [9.17, 15) is 14.4 Å². The number of imide groups is 2. The standard InChI is InChI=1S/C33H26ClIN2O6/c1-20-3-5-21(6-4-20)19-43-30-28(35)16-23(17-29(30)41-2)15-27-31(38)36-33(40)37(32(27)39)25-11-13-26(14-12-25)42-18-22-7-9-24(34)10-8-22/h3-17H,18-19H2,1-2H3,(H,36,38,40)/b27-15+. The Kier molecular flexibility index (Phi) is 9.32. The fourth-order valence-corrected chi connectivity index (χ4v) is 5.21. The molecule has 1 fully saturated rings. The number of ether oxygens (including phenoxy) is 3. The van der Waals surface area contributed by atoms with E-state index < -0.39 is 17.8 Å². The highest BCUT2D eigenvalue weighted by molar-refractivity contribution is 14.1. The van der Waals surface area contributed by atoms with E-state index in [2.05, 4.69) is 27.9 Å². The lowest BCUT2D eigenvalue weighted by molar-refractivity contribution is -0.122. The van der Waals surface area contributed by atoms with E-state index in [4.69, 9.17) is 25.8 Å². The molecule has 8 nitrogen and oxygen atoms in total. The lowest BCUT2D eigenvalue weighted by atomic mass is 10.1. The molecular formula is C33H26ClIN2O6. The minimum atomic E-state index is -0.839. The van der Waals surface area contributed by atoms with E-state index in [0.717, 1.165) is 25.2 Å². The summed E-state index contributed by atoms with van der Waals surface area (Å²) in [6, 6.07) is 24.4. The number of aryl methyl sites for hydroxylation is 1. The number of hydrogen-bond donors (Lipinski definition) is 1. The van der Waals surface area contributed by atoms with Gasteiger partial charge in [0.15, 0.2) is 11.5 Å². The SMILES string of the molecule is COc1cc(/C=C2\C(=O)NC(=O)N(c3ccc(OCc4ccc(Cl)cc4)cc3)C2=O)cc(I)c1OCc1ccc(C)cc1. The lowest BCUT2D eigenvalue weighted by Gasteiger charge is -2.26. The van der Waals surface area contributed by atoms with Crippen LogP contribution in [0.15, 0.2) is 90.5 Å². The van der Waals surface area contributed by atoms with Crippen LogP contribution in [0, 0.1) is 10.5 Å². The second-order valence-corrected chi connectivity index (χ2v) is 11.3. The van der Waals surface area contributed by atoms with Crippen LogP contribution in [0.5, 0.6) is 17.2 Å². The lowest BCUT2D eigenvalue weighted by Crippen LogP contribution is -2.54. The average Bonchev–Trinajstić information content (AvgIpc) is 2.99. The molecule has 0 aromatic heterocycles. The third-order valence-electron chi connectivity index (χ3n) is 6.58. The molecule has 0 spiro atoms. The van der Waals surface area contributed by atoms with Crippen LogP contribution in [0.1, 0.15) is 22.3 Å². The summed E-state index contributed by atoms with van der Waals surface area (Å²) in [4.78, 5) is 39.8. The van der Waals surface area contributed by atoms with E-state index in [1.807, 2.05) is 43.3 Å². The highest BCUT2D eigenvalue weighted by atomic mass is 127. The van der Waals surface area contributed by atoms with Crippen molar-refractivity contribution in [2.45, 2.75) is 20.1 Å². The van der Waals surface area contributed by atoms with Gasteiger partial charge in [0.2, 0.25) is 0 Å². The molecule has 0 radical (unpaired) electrons. The normalized spacial score (nSPS) is 14.1. The van der Waals surface area contributed by atoms with Crippen LogP contribution in [-0.2, 0) is 22.8 Å². The molecule has 0 atom stereocenters. The van der Waals surface area contributed by atoms with Gasteiger partial charge in [-0.15, -0.1) is 0 Å². The number of halogens is 2. The van der Waals surface area contributed by atoms with Crippen LogP contribution in [-0.4, -0.2) is 25.0 Å². The number of carbonyl (C=O) groups is 3. The topological polar surface area (TPSA) is 94.2 Å². The third-order valence-corrected chi connectivity index (χ3v) is 7.64. The molecule has 43 heavy (non-hydrogen) atoms. The molecule has 0 aliphatic carbocycles. The molecule has 0 saturated carbocycles. The Morgan fingerprint density at radius 1 is 0.860 bits per heavy atom. The van der Waals surface area contributed by atoms with Crippen molar-refractivity contribution in [3.63, 3.8) is 0 Å². The van der Waals surface area contributed by atoms with Gasteiger partial charge in [-0.25, -0.2) is 9.69 Å². The van der Waals surface area contributed by atoms with E-state index >= 15 is 0 Å². The van der Waals surface area contributed by atoms with Gasteiger partial charge in [-0.1, -0.05) is 53.6 Å². The molecule has 4 aromatic rings. The number of nitrogens with one attached hydrogen (secondary N) is 1. The summed E-state index contributed by atoms with van der Waals surface area (Å²) in [5.74, 6) is -0.0149. The zero-order valence-electron chi connectivity index (χ0n) is 23.2. The van der Waals surface area contributed by atoms with Crippen LogP contribution in [0.3, 0.4) is 0 Å². The fourth-order valence-electron chi connectivity index (χ4n) is 4.30. The molecule has 1 saturated heterocycles. The van der Waals surface area contributed by atoms with Crippen molar-refractivity contribution < 1.29 is 28.6 Å². The summed E-state index contributed by atoms with van der Waals surface area (Å²) in [5.41, 5.74) is 3.71. The van der Waals surface area contributed by atoms with Gasteiger partial charge in [0, 0.05) is 5.02 Å². The summed E-state index contributed by atoms with van der Waals surface area (Å²) in [6.07, 6.45) is 1.43. The molecule has 4 amide bonds. The zero-order chi connectivity index (χ0) is 30.5. The molecule has 1 heterocycles. The summed E-state index contributed by atoms with van der Waals surface area (Å²) in [7, 11) is 1.52. The third kappa shape index (κ3) is 7.18. The second-order valence-electron chi connectivity index (χ2n) is 9.68. The fraction of sp³-hybridized carbons (Fsp3) is 0.121. The molecule has 1 aliphatic heterocycles. The van der Waals surface area contributed by atoms with Crippen molar-refractivity contribution in [2.24, 2.45) is 0 Å². The second kappa shape index (κ2) is 13.3. The predicted molar refractivity (Wildman–Crippen MR) is 172 cm³/mol. The smallest absolute Gasteiger partial charge is 0.335 e. The number of carbonyl (C=O) groups excluding carboxylic acids is 3. The zero-order valence-corrected chi connectivity index (χ0v) is 26.1. The Morgan fingerprint density at radius 3 is 2.14 bits per heavy atom. The maximum Gasteiger partial charge on any atom is 0.335 e. The number of barbiturate groups is 1. The van der Waals surface area contributed by atoms with Crippen LogP contribution >= 0.6 is 34.2 Å². The predicted octanol–water partition coefficient (Wildman–Crippen LogP) is 7.09. The first-order valence-electron chi connectivity index (χ1n) is 13.2. The van der Waals surface area contributed by atoms with Gasteiger partial charge in [0.1, 0.15) is 24.5 Å². The molecular weight excluding hydrogens is 683 g/mol. The maximum atomic E-state index is 13.4. The first kappa shape index (κ1) is 30.1. The van der Waals surface area contributed by atoms with Crippen LogP contribution in [0.2, 0.25) is 5.02 Å². The van der Waals surface area contributed by atoms with Gasteiger partial charge in [0.05, 0.1) is 16.4 Å². The number of hydrogen-bond acceptors (Lipinski definition) is 6. The average molecular weight is 709 g/mol. The van der Waals surface area contributed by atoms with Crippen molar-refractivity contribution in [1.82, 2.24) is 5.32 Å². The Morgan fingerprint density at radius 2 is 1.49 bits per heavy atom. The molecule has 218 valence electrons. The number of amides is 4. The highest BCUT2D eigenvalue weighted by Gasteiger charge is 2.37. The van der Waals surface area contributed by atoms with Crippen LogP contribution in [0.4, 0.5) is 10.5 Å². The monoisotopic (exact) mass is 708 g/mol. The Labute approximate surface area is 267 Å². The van der Waals surface area contributed by atoms with E-state index in [1.54, 1.807) is 48.5 Å². The largest absolute Gasteiger partial charge is 0.493 e. The van der Waals surface area contributed by atoms with Gasteiger partial charge in [-0.3, -0.25) is 14.9 Å². The number of urea groups is 1. The van der Waals surface area contributed by atoms with Crippen molar-refractivity contribution in [2.75, 3.05) is 12.0 Å².